The third-order valence-corrected chi connectivity index (χ3v) is 2.54. The van der Waals surface area contributed by atoms with E-state index in [4.69, 9.17) is 5.11 Å². The third-order valence-electron chi connectivity index (χ3n) is 2.12. The number of aliphatic hydroxyl groups is 1. The maximum Gasteiger partial charge on any atom is 0.413 e. The Kier molecular flexibility index (Phi) is 3.14. The van der Waals surface area contributed by atoms with E-state index in [1.54, 1.807) is 0 Å². The van der Waals surface area contributed by atoms with Gasteiger partial charge in [0.1, 0.15) is 0 Å². The SMILES string of the molecule is CN/C(=C(\O)Br)[C@H]1CC=C1C(F)(F)F. The lowest BCUT2D eigenvalue weighted by Gasteiger charge is -2.30. The third kappa shape index (κ3) is 2.05. The van der Waals surface area contributed by atoms with Gasteiger partial charge in [0.2, 0.25) is 0 Å². The monoisotopic (exact) mass is 271 g/mol. The standard InChI is InChI=1S/C8H9BrF3NO/c1-13-6(7(9)14)4-2-3-5(4)8(10,11)12/h3-4,13-14H,2H2,1H3/b7-6-/t4-/m0/s1. The molecule has 14 heavy (non-hydrogen) atoms. The molecule has 2 nitrogen and oxygen atoms in total. The molecule has 0 aromatic heterocycles. The van der Waals surface area contributed by atoms with Crippen molar-refractivity contribution in [2.75, 3.05) is 7.05 Å². The van der Waals surface area contributed by atoms with Gasteiger partial charge in [-0.15, -0.1) is 0 Å². The molecule has 0 amide bonds. The molecule has 0 heterocycles. The molecule has 0 spiro atoms. The Hall–Kier alpha value is -0.650. The zero-order valence-electron chi connectivity index (χ0n) is 7.32. The maximum atomic E-state index is 12.3. The fraction of sp³-hybridized carbons (Fsp3) is 0.500. The van der Waals surface area contributed by atoms with Crippen molar-refractivity contribution in [2.45, 2.75) is 12.6 Å². The molecule has 0 bridgehead atoms. The largest absolute Gasteiger partial charge is 0.501 e. The highest BCUT2D eigenvalue weighted by molar-refractivity contribution is 9.11. The summed E-state index contributed by atoms with van der Waals surface area (Å²) in [7, 11) is 1.47. The molecule has 1 aliphatic carbocycles. The fourth-order valence-corrected chi connectivity index (χ4v) is 1.84. The van der Waals surface area contributed by atoms with Gasteiger partial charge in [-0.3, -0.25) is 0 Å². The lowest BCUT2D eigenvalue weighted by atomic mass is 9.82. The quantitative estimate of drug-likeness (QED) is 0.598. The lowest BCUT2D eigenvalue weighted by Crippen LogP contribution is -2.31. The van der Waals surface area contributed by atoms with Crippen molar-refractivity contribution in [3.8, 4) is 0 Å². The van der Waals surface area contributed by atoms with Crippen LogP contribution >= 0.6 is 15.9 Å². The first-order valence-electron chi connectivity index (χ1n) is 3.91. The Labute approximate surface area is 87.6 Å². The second kappa shape index (κ2) is 3.84. The zero-order valence-corrected chi connectivity index (χ0v) is 8.91. The van der Waals surface area contributed by atoms with Crippen molar-refractivity contribution in [1.82, 2.24) is 5.32 Å². The molecule has 2 N–H and O–H groups in total. The van der Waals surface area contributed by atoms with Gasteiger partial charge < -0.3 is 10.4 Å². The smallest absolute Gasteiger partial charge is 0.413 e. The molecule has 6 heteroatoms. The zero-order chi connectivity index (χ0) is 10.9. The molecule has 80 valence electrons. The molecule has 0 saturated heterocycles. The fourth-order valence-electron chi connectivity index (χ4n) is 1.36. The Morgan fingerprint density at radius 1 is 1.64 bits per heavy atom. The minimum Gasteiger partial charge on any atom is -0.501 e. The highest BCUT2D eigenvalue weighted by atomic mass is 79.9. The van der Waals surface area contributed by atoms with Crippen LogP contribution in [0.25, 0.3) is 0 Å². The van der Waals surface area contributed by atoms with Crippen LogP contribution < -0.4 is 5.32 Å². The van der Waals surface area contributed by atoms with E-state index in [0.717, 1.165) is 6.08 Å². The summed E-state index contributed by atoms with van der Waals surface area (Å²) >= 11 is 2.75. The minimum absolute atomic E-state index is 0.167. The van der Waals surface area contributed by atoms with Gasteiger partial charge in [0.05, 0.1) is 5.70 Å². The summed E-state index contributed by atoms with van der Waals surface area (Å²) in [6.07, 6.45) is -2.90. The Morgan fingerprint density at radius 3 is 2.43 bits per heavy atom. The highest BCUT2D eigenvalue weighted by Crippen LogP contribution is 2.43. The van der Waals surface area contributed by atoms with Crippen LogP contribution in [0.15, 0.2) is 22.0 Å². The summed E-state index contributed by atoms with van der Waals surface area (Å²) in [5.41, 5.74) is -0.437. The van der Waals surface area contributed by atoms with E-state index in [0.29, 0.717) is 6.42 Å². The Balaban J connectivity index is 2.86. The summed E-state index contributed by atoms with van der Waals surface area (Å²) in [5.74, 6) is -0.778. The average molecular weight is 272 g/mol. The van der Waals surface area contributed by atoms with E-state index in [1.807, 2.05) is 0 Å². The topological polar surface area (TPSA) is 32.3 Å². The van der Waals surface area contributed by atoms with Crippen molar-refractivity contribution in [1.29, 1.82) is 0 Å². The summed E-state index contributed by atoms with van der Waals surface area (Å²) < 4.78 is 36.6. The predicted molar refractivity (Wildman–Crippen MR) is 49.9 cm³/mol. The molecule has 0 fully saturated rings. The van der Waals surface area contributed by atoms with Gasteiger partial charge in [0.15, 0.2) is 4.67 Å². The van der Waals surface area contributed by atoms with Crippen LogP contribution in [0.1, 0.15) is 6.42 Å². The summed E-state index contributed by atoms with van der Waals surface area (Å²) in [5, 5.41) is 11.6. The van der Waals surface area contributed by atoms with E-state index in [9.17, 15) is 13.2 Å². The molecule has 1 rings (SSSR count). The Morgan fingerprint density at radius 2 is 2.21 bits per heavy atom. The van der Waals surface area contributed by atoms with Crippen molar-refractivity contribution < 1.29 is 18.3 Å². The number of nitrogens with one attached hydrogen (secondary N) is 1. The van der Waals surface area contributed by atoms with Crippen molar-refractivity contribution in [3.63, 3.8) is 0 Å². The van der Waals surface area contributed by atoms with Gasteiger partial charge in [-0.1, -0.05) is 6.08 Å². The molecule has 0 aromatic rings. The number of alkyl halides is 3. The average Bonchev–Trinajstić information content (AvgIpc) is 1.92. The van der Waals surface area contributed by atoms with E-state index in [2.05, 4.69) is 21.2 Å². The minimum atomic E-state index is -4.31. The maximum absolute atomic E-state index is 12.3. The Bertz CT molecular complexity index is 291. The van der Waals surface area contributed by atoms with Gasteiger partial charge in [-0.05, 0) is 22.4 Å². The van der Waals surface area contributed by atoms with Gasteiger partial charge in [-0.25, -0.2) is 0 Å². The summed E-state index contributed by atoms with van der Waals surface area (Å²) in [6.45, 7) is 0. The van der Waals surface area contributed by atoms with Crippen molar-refractivity contribution in [2.24, 2.45) is 5.92 Å². The number of rotatable bonds is 2. The van der Waals surface area contributed by atoms with E-state index in [-0.39, 0.29) is 10.4 Å². The molecule has 1 atom stereocenters. The second-order valence-corrected chi connectivity index (χ2v) is 3.65. The van der Waals surface area contributed by atoms with Crippen LogP contribution in [0.5, 0.6) is 0 Å². The molecule has 1 aliphatic rings. The first-order chi connectivity index (χ1) is 6.38. The van der Waals surface area contributed by atoms with Crippen LogP contribution in [0.4, 0.5) is 13.2 Å². The van der Waals surface area contributed by atoms with Crippen LogP contribution in [0.3, 0.4) is 0 Å². The second-order valence-electron chi connectivity index (χ2n) is 2.90. The van der Waals surface area contributed by atoms with E-state index in [1.165, 1.54) is 7.05 Å². The molecule has 0 saturated carbocycles. The van der Waals surface area contributed by atoms with Crippen molar-refractivity contribution in [3.05, 3.63) is 22.0 Å². The number of allylic oxidation sites excluding steroid dienone is 2. The molecule has 0 aliphatic heterocycles. The van der Waals surface area contributed by atoms with Crippen LogP contribution in [-0.2, 0) is 0 Å². The molecule has 0 aromatic carbocycles. The van der Waals surface area contributed by atoms with Gasteiger partial charge >= 0.3 is 6.18 Å². The van der Waals surface area contributed by atoms with Gasteiger partial charge in [0.25, 0.3) is 0 Å². The first kappa shape index (κ1) is 11.4. The number of aliphatic hydroxyl groups excluding tert-OH is 1. The van der Waals surface area contributed by atoms with Crippen molar-refractivity contribution >= 4 is 15.9 Å². The first-order valence-corrected chi connectivity index (χ1v) is 4.71. The van der Waals surface area contributed by atoms with Crippen LogP contribution in [0, 0.1) is 5.92 Å². The summed E-state index contributed by atoms with van der Waals surface area (Å²) in [4.78, 5) is 0. The normalized spacial score (nSPS) is 23.5. The predicted octanol–water partition coefficient (Wildman–Crippen LogP) is 2.84. The number of hydrogen-bond donors (Lipinski definition) is 2. The van der Waals surface area contributed by atoms with E-state index < -0.39 is 17.7 Å². The molecule has 0 unspecified atom stereocenters. The number of halogens is 4. The number of hydrogen-bond acceptors (Lipinski definition) is 2. The molecule has 0 radical (unpaired) electrons. The van der Waals surface area contributed by atoms with Crippen LogP contribution in [-0.4, -0.2) is 18.3 Å². The molecular formula is C8H9BrF3NO. The van der Waals surface area contributed by atoms with Gasteiger partial charge in [0, 0.05) is 18.5 Å². The van der Waals surface area contributed by atoms with Crippen LogP contribution in [0.2, 0.25) is 0 Å². The molecular weight excluding hydrogens is 263 g/mol. The van der Waals surface area contributed by atoms with Gasteiger partial charge in [-0.2, -0.15) is 13.2 Å². The van der Waals surface area contributed by atoms with E-state index >= 15 is 0 Å². The lowest BCUT2D eigenvalue weighted by molar-refractivity contribution is -0.102. The highest BCUT2D eigenvalue weighted by Gasteiger charge is 2.44. The summed E-state index contributed by atoms with van der Waals surface area (Å²) in [6, 6.07) is 0.